The highest BCUT2D eigenvalue weighted by molar-refractivity contribution is 5.86. The third-order valence-corrected chi connectivity index (χ3v) is 1.82. The fourth-order valence-electron chi connectivity index (χ4n) is 1.04. The lowest BCUT2D eigenvalue weighted by Crippen LogP contribution is -2.47. The molecule has 0 fully saturated rings. The predicted octanol–water partition coefficient (Wildman–Crippen LogP) is -0.361. The number of carboxylic acids is 2. The zero-order valence-electron chi connectivity index (χ0n) is 10.3. The van der Waals surface area contributed by atoms with Gasteiger partial charge in [0.1, 0.15) is 6.04 Å². The Morgan fingerprint density at radius 1 is 1.22 bits per heavy atom. The van der Waals surface area contributed by atoms with Crippen LogP contribution in [-0.4, -0.2) is 53.5 Å². The Balaban J connectivity index is 3.95. The number of carboxylic acid groups (broad SMARTS) is 2. The van der Waals surface area contributed by atoms with Crippen molar-refractivity contribution in [2.75, 3.05) is 13.2 Å². The molecule has 0 aliphatic heterocycles. The van der Waals surface area contributed by atoms with E-state index in [0.29, 0.717) is 6.61 Å². The van der Waals surface area contributed by atoms with E-state index in [-0.39, 0.29) is 12.6 Å². The fraction of sp³-hybridized carbons (Fsp3) is 0.700. The maximum Gasteiger partial charge on any atom is 0.326 e. The summed E-state index contributed by atoms with van der Waals surface area (Å²) in [7, 11) is 0. The van der Waals surface area contributed by atoms with Crippen molar-refractivity contribution in [3.8, 4) is 0 Å². The van der Waals surface area contributed by atoms with Gasteiger partial charge in [-0.25, -0.2) is 9.59 Å². The molecule has 0 spiro atoms. The van der Waals surface area contributed by atoms with E-state index in [1.807, 2.05) is 19.2 Å². The third kappa shape index (κ3) is 8.34. The van der Waals surface area contributed by atoms with Crippen LogP contribution in [-0.2, 0) is 14.3 Å². The molecule has 0 rings (SSSR count). The minimum absolute atomic E-state index is 0.0358. The van der Waals surface area contributed by atoms with Crippen molar-refractivity contribution < 1.29 is 29.3 Å². The summed E-state index contributed by atoms with van der Waals surface area (Å²) < 4.78 is 5.16. The van der Waals surface area contributed by atoms with Gasteiger partial charge in [0, 0.05) is 6.54 Å². The summed E-state index contributed by atoms with van der Waals surface area (Å²) >= 11 is 0. The lowest BCUT2D eigenvalue weighted by atomic mass is 10.2. The predicted molar refractivity (Wildman–Crippen MR) is 61.3 cm³/mol. The molecule has 0 aliphatic rings. The van der Waals surface area contributed by atoms with Gasteiger partial charge in [-0.3, -0.25) is 4.79 Å². The second-order valence-corrected chi connectivity index (χ2v) is 3.81. The molecule has 0 heterocycles. The molecule has 0 bridgehead atoms. The minimum atomic E-state index is -1.45. The van der Waals surface area contributed by atoms with Gasteiger partial charge in [0.25, 0.3) is 0 Å². The van der Waals surface area contributed by atoms with E-state index < -0.39 is 30.4 Å². The number of amides is 2. The zero-order valence-corrected chi connectivity index (χ0v) is 10.3. The van der Waals surface area contributed by atoms with Gasteiger partial charge in [-0.1, -0.05) is 0 Å². The van der Waals surface area contributed by atoms with Crippen LogP contribution >= 0.6 is 0 Å². The number of hydrogen-bond donors (Lipinski definition) is 4. The highest BCUT2D eigenvalue weighted by Gasteiger charge is 2.22. The van der Waals surface area contributed by atoms with Crippen molar-refractivity contribution in [3.63, 3.8) is 0 Å². The molecule has 0 saturated heterocycles. The monoisotopic (exact) mass is 262 g/mol. The lowest BCUT2D eigenvalue weighted by Gasteiger charge is -2.13. The number of nitrogens with one attached hydrogen (secondary N) is 2. The Bertz CT molecular complexity index is 305. The molecule has 0 saturated carbocycles. The molecule has 2 amide bonds. The standard InChI is InChI=1S/C10H18N2O6/c1-6(2)18-4-3-11-10(17)12-7(9(15)16)5-8(13)14/h6-7H,3-5H2,1-2H3,(H,13,14)(H,15,16)(H2,11,12,17)/t7-/m1/s1. The quantitative estimate of drug-likeness (QED) is 0.443. The van der Waals surface area contributed by atoms with Crippen molar-refractivity contribution in [3.05, 3.63) is 0 Å². The van der Waals surface area contributed by atoms with Crippen LogP contribution in [0.4, 0.5) is 4.79 Å². The second-order valence-electron chi connectivity index (χ2n) is 3.81. The largest absolute Gasteiger partial charge is 0.481 e. The summed E-state index contributed by atoms with van der Waals surface area (Å²) in [5.41, 5.74) is 0. The van der Waals surface area contributed by atoms with E-state index in [0.717, 1.165) is 0 Å². The van der Waals surface area contributed by atoms with Gasteiger partial charge < -0.3 is 25.6 Å². The summed E-state index contributed by atoms with van der Waals surface area (Å²) in [6, 6.07) is -2.19. The number of ether oxygens (including phenoxy) is 1. The SMILES string of the molecule is CC(C)OCCNC(=O)N[C@H](CC(=O)O)C(=O)O. The number of carbonyl (C=O) groups is 3. The first-order chi connectivity index (χ1) is 8.32. The second kappa shape index (κ2) is 8.29. The summed E-state index contributed by atoms with van der Waals surface area (Å²) in [4.78, 5) is 32.3. The third-order valence-electron chi connectivity index (χ3n) is 1.82. The van der Waals surface area contributed by atoms with Crippen molar-refractivity contribution in [1.82, 2.24) is 10.6 Å². The summed E-state index contributed by atoms with van der Waals surface area (Å²) in [5, 5.41) is 21.6. The molecule has 104 valence electrons. The van der Waals surface area contributed by atoms with Crippen molar-refractivity contribution in [2.24, 2.45) is 0 Å². The van der Waals surface area contributed by atoms with Crippen LogP contribution in [0, 0.1) is 0 Å². The average Bonchev–Trinajstić information content (AvgIpc) is 2.22. The lowest BCUT2D eigenvalue weighted by molar-refractivity contribution is -0.145. The summed E-state index contributed by atoms with van der Waals surface area (Å²) in [6.45, 7) is 4.19. The highest BCUT2D eigenvalue weighted by atomic mass is 16.5. The molecule has 0 aromatic rings. The molecular formula is C10H18N2O6. The maximum atomic E-state index is 11.3. The van der Waals surface area contributed by atoms with Crippen LogP contribution in [0.15, 0.2) is 0 Å². The van der Waals surface area contributed by atoms with E-state index in [1.165, 1.54) is 0 Å². The molecule has 1 atom stereocenters. The van der Waals surface area contributed by atoms with E-state index >= 15 is 0 Å². The molecule has 4 N–H and O–H groups in total. The number of hydrogen-bond acceptors (Lipinski definition) is 4. The molecule has 0 aromatic heterocycles. The van der Waals surface area contributed by atoms with Crippen LogP contribution in [0.3, 0.4) is 0 Å². The summed E-state index contributed by atoms with van der Waals surface area (Å²) in [6.07, 6.45) is -0.640. The van der Waals surface area contributed by atoms with Crippen molar-refractivity contribution >= 4 is 18.0 Å². The van der Waals surface area contributed by atoms with Gasteiger partial charge in [-0.05, 0) is 13.8 Å². The molecule has 0 aromatic carbocycles. The van der Waals surface area contributed by atoms with Crippen LogP contribution in [0.2, 0.25) is 0 Å². The molecule has 18 heavy (non-hydrogen) atoms. The molecule has 8 heteroatoms. The van der Waals surface area contributed by atoms with Gasteiger partial charge in [0.2, 0.25) is 0 Å². The van der Waals surface area contributed by atoms with Crippen LogP contribution in [0.5, 0.6) is 0 Å². The van der Waals surface area contributed by atoms with Crippen molar-refractivity contribution in [2.45, 2.75) is 32.4 Å². The normalized spacial score (nSPS) is 11.9. The molecule has 8 nitrogen and oxygen atoms in total. The highest BCUT2D eigenvalue weighted by Crippen LogP contribution is 1.92. The minimum Gasteiger partial charge on any atom is -0.481 e. The van der Waals surface area contributed by atoms with Gasteiger partial charge in [-0.15, -0.1) is 0 Å². The Kier molecular flexibility index (Phi) is 7.45. The average molecular weight is 262 g/mol. The Hall–Kier alpha value is -1.83. The number of urea groups is 1. The Morgan fingerprint density at radius 3 is 2.28 bits per heavy atom. The van der Waals surface area contributed by atoms with Crippen molar-refractivity contribution in [1.29, 1.82) is 0 Å². The molecule has 0 radical (unpaired) electrons. The smallest absolute Gasteiger partial charge is 0.326 e. The van der Waals surface area contributed by atoms with E-state index in [2.05, 4.69) is 5.32 Å². The number of rotatable bonds is 8. The van der Waals surface area contributed by atoms with Gasteiger partial charge in [0.05, 0.1) is 19.1 Å². The maximum absolute atomic E-state index is 11.3. The first-order valence-corrected chi connectivity index (χ1v) is 5.43. The van der Waals surface area contributed by atoms with Gasteiger partial charge in [-0.2, -0.15) is 0 Å². The first kappa shape index (κ1) is 16.2. The fourth-order valence-corrected chi connectivity index (χ4v) is 1.04. The molecular weight excluding hydrogens is 244 g/mol. The topological polar surface area (TPSA) is 125 Å². The number of aliphatic carboxylic acids is 2. The Labute approximate surface area is 104 Å². The van der Waals surface area contributed by atoms with Crippen LogP contribution < -0.4 is 10.6 Å². The zero-order chi connectivity index (χ0) is 14.1. The van der Waals surface area contributed by atoms with E-state index in [4.69, 9.17) is 14.9 Å². The molecule has 0 aliphatic carbocycles. The summed E-state index contributed by atoms with van der Waals surface area (Å²) in [5.74, 6) is -2.70. The molecule has 0 unspecified atom stereocenters. The van der Waals surface area contributed by atoms with Crippen LogP contribution in [0.1, 0.15) is 20.3 Å². The Morgan fingerprint density at radius 2 is 1.83 bits per heavy atom. The number of carbonyl (C=O) groups excluding carboxylic acids is 1. The first-order valence-electron chi connectivity index (χ1n) is 5.43. The van der Waals surface area contributed by atoms with Gasteiger partial charge >= 0.3 is 18.0 Å². The van der Waals surface area contributed by atoms with E-state index in [1.54, 1.807) is 0 Å². The van der Waals surface area contributed by atoms with E-state index in [9.17, 15) is 14.4 Å². The van der Waals surface area contributed by atoms with Crippen LogP contribution in [0.25, 0.3) is 0 Å². The van der Waals surface area contributed by atoms with Gasteiger partial charge in [0.15, 0.2) is 0 Å².